The lowest BCUT2D eigenvalue weighted by Gasteiger charge is -2.40. The van der Waals surface area contributed by atoms with Crippen molar-refractivity contribution in [3.63, 3.8) is 0 Å². The predicted molar refractivity (Wildman–Crippen MR) is 117 cm³/mol. The van der Waals surface area contributed by atoms with E-state index >= 15 is 0 Å². The number of nitrogens with zero attached hydrogens (tertiary/aromatic N) is 4. The number of amides is 1. The van der Waals surface area contributed by atoms with Gasteiger partial charge in [-0.05, 0) is 64.0 Å². The van der Waals surface area contributed by atoms with Gasteiger partial charge in [-0.1, -0.05) is 26.2 Å². The summed E-state index contributed by atoms with van der Waals surface area (Å²) < 4.78 is 5.74. The summed E-state index contributed by atoms with van der Waals surface area (Å²) in [6.45, 7) is 10.3. The fourth-order valence-electron chi connectivity index (χ4n) is 3.89. The van der Waals surface area contributed by atoms with E-state index in [2.05, 4.69) is 21.8 Å². The smallest absolute Gasteiger partial charge is 0.410 e. The minimum absolute atomic E-state index is 0.126. The Morgan fingerprint density at radius 3 is 2.72 bits per heavy atom. The molecule has 3 rings (SSSR count). The molecule has 29 heavy (non-hydrogen) atoms. The first-order valence-corrected chi connectivity index (χ1v) is 11.4. The molecule has 0 spiro atoms. The molecule has 1 atom stereocenters. The summed E-state index contributed by atoms with van der Waals surface area (Å²) in [5.74, 6) is 1.64. The third-order valence-corrected chi connectivity index (χ3v) is 5.68. The Morgan fingerprint density at radius 1 is 1.31 bits per heavy atom. The van der Waals surface area contributed by atoms with E-state index in [0.717, 1.165) is 69.2 Å². The van der Waals surface area contributed by atoms with Crippen molar-refractivity contribution >= 4 is 23.5 Å². The number of aromatic nitrogens is 2. The molecule has 1 amide bonds. The molecule has 7 heteroatoms. The molecule has 1 unspecified atom stereocenters. The van der Waals surface area contributed by atoms with Crippen LogP contribution >= 0.6 is 11.6 Å². The molecule has 6 nitrogen and oxygen atoms in total. The number of ether oxygens (including phenoxy) is 1. The van der Waals surface area contributed by atoms with Crippen LogP contribution in [-0.4, -0.2) is 52.2 Å². The van der Waals surface area contributed by atoms with Crippen LogP contribution in [0.25, 0.3) is 0 Å². The van der Waals surface area contributed by atoms with Gasteiger partial charge in [-0.2, -0.15) is 0 Å². The van der Waals surface area contributed by atoms with Gasteiger partial charge < -0.3 is 14.5 Å². The Hall–Kier alpha value is -1.56. The standard InChI is InChI=1S/C22H35ClN4O2/c1-5-7-17-14-19(25-20(23)24-17)26-12-6-8-18(15-26)27(13-11-16-9-10-16)21(28)29-22(2,3)4/h14,16,18H,5-13,15H2,1-4H3. The molecule has 0 radical (unpaired) electrons. The Kier molecular flexibility index (Phi) is 7.25. The number of hydrogen-bond acceptors (Lipinski definition) is 5. The summed E-state index contributed by atoms with van der Waals surface area (Å²) >= 11 is 6.19. The highest BCUT2D eigenvalue weighted by Gasteiger charge is 2.33. The van der Waals surface area contributed by atoms with Gasteiger partial charge in [-0.3, -0.25) is 0 Å². The van der Waals surface area contributed by atoms with Gasteiger partial charge in [0.1, 0.15) is 11.4 Å². The molecule has 1 aromatic heterocycles. The largest absolute Gasteiger partial charge is 0.444 e. The Bertz CT molecular complexity index is 703. The number of rotatable bonds is 7. The summed E-state index contributed by atoms with van der Waals surface area (Å²) in [5.41, 5.74) is 0.487. The zero-order valence-electron chi connectivity index (χ0n) is 18.3. The number of hydrogen-bond donors (Lipinski definition) is 0. The van der Waals surface area contributed by atoms with Gasteiger partial charge in [-0.15, -0.1) is 0 Å². The van der Waals surface area contributed by atoms with Gasteiger partial charge in [0.05, 0.1) is 6.04 Å². The van der Waals surface area contributed by atoms with E-state index in [1.54, 1.807) is 0 Å². The van der Waals surface area contributed by atoms with Crippen molar-refractivity contribution in [3.8, 4) is 0 Å². The first-order valence-electron chi connectivity index (χ1n) is 11.0. The van der Waals surface area contributed by atoms with Crippen LogP contribution in [0.3, 0.4) is 0 Å². The van der Waals surface area contributed by atoms with E-state index < -0.39 is 5.60 Å². The van der Waals surface area contributed by atoms with Crippen molar-refractivity contribution < 1.29 is 9.53 Å². The third kappa shape index (κ3) is 6.73. The minimum Gasteiger partial charge on any atom is -0.444 e. The lowest BCUT2D eigenvalue weighted by molar-refractivity contribution is 0.0140. The van der Waals surface area contributed by atoms with Crippen LogP contribution in [0.15, 0.2) is 6.07 Å². The molecule has 0 bridgehead atoms. The number of carbonyl (C=O) groups is 1. The average Bonchev–Trinajstić information content (AvgIpc) is 3.45. The Morgan fingerprint density at radius 2 is 2.07 bits per heavy atom. The fourth-order valence-corrected chi connectivity index (χ4v) is 4.08. The van der Waals surface area contributed by atoms with E-state index in [9.17, 15) is 4.79 Å². The summed E-state index contributed by atoms with van der Waals surface area (Å²) in [6.07, 6.45) is 7.35. The molecule has 1 aromatic rings. The number of aryl methyl sites for hydroxylation is 1. The normalized spacial score (nSPS) is 19.9. The van der Waals surface area contributed by atoms with Crippen LogP contribution in [0.5, 0.6) is 0 Å². The number of halogens is 1. The van der Waals surface area contributed by atoms with Crippen LogP contribution in [0.1, 0.15) is 71.9 Å². The molecule has 0 aromatic carbocycles. The first-order chi connectivity index (χ1) is 13.7. The van der Waals surface area contributed by atoms with Crippen LogP contribution in [0, 0.1) is 5.92 Å². The number of anilines is 1. The summed E-state index contributed by atoms with van der Waals surface area (Å²) in [6, 6.07) is 2.17. The average molecular weight is 423 g/mol. The van der Waals surface area contributed by atoms with Crippen molar-refractivity contribution in [3.05, 3.63) is 17.0 Å². The molecule has 2 heterocycles. The van der Waals surface area contributed by atoms with Gasteiger partial charge in [0.2, 0.25) is 5.28 Å². The maximum Gasteiger partial charge on any atom is 0.410 e. The van der Waals surface area contributed by atoms with E-state index in [4.69, 9.17) is 16.3 Å². The van der Waals surface area contributed by atoms with E-state index in [0.29, 0.717) is 5.28 Å². The SMILES string of the molecule is CCCc1cc(N2CCCC(N(CCC3CC3)C(=O)OC(C)(C)C)C2)nc(Cl)n1. The zero-order chi connectivity index (χ0) is 21.0. The van der Waals surface area contributed by atoms with Crippen molar-refractivity contribution in [1.29, 1.82) is 0 Å². The van der Waals surface area contributed by atoms with Gasteiger partial charge in [-0.25, -0.2) is 14.8 Å². The monoisotopic (exact) mass is 422 g/mol. The summed E-state index contributed by atoms with van der Waals surface area (Å²) in [7, 11) is 0. The molecular weight excluding hydrogens is 388 g/mol. The molecular formula is C22H35ClN4O2. The number of piperidine rings is 1. The molecule has 0 N–H and O–H groups in total. The lowest BCUT2D eigenvalue weighted by Crippen LogP contribution is -2.52. The first kappa shape index (κ1) is 22.1. The maximum absolute atomic E-state index is 13.0. The van der Waals surface area contributed by atoms with E-state index in [-0.39, 0.29) is 12.1 Å². The van der Waals surface area contributed by atoms with Gasteiger partial charge >= 0.3 is 6.09 Å². The van der Waals surface area contributed by atoms with Crippen LogP contribution in [0.2, 0.25) is 5.28 Å². The van der Waals surface area contributed by atoms with E-state index in [1.165, 1.54) is 12.8 Å². The second-order valence-electron chi connectivity index (χ2n) is 9.38. The van der Waals surface area contributed by atoms with Crippen LogP contribution in [-0.2, 0) is 11.2 Å². The van der Waals surface area contributed by atoms with Gasteiger partial charge in [0, 0.05) is 31.4 Å². The Labute approximate surface area is 180 Å². The highest BCUT2D eigenvalue weighted by atomic mass is 35.5. The molecule has 2 aliphatic rings. The fraction of sp³-hybridized carbons (Fsp3) is 0.773. The summed E-state index contributed by atoms with van der Waals surface area (Å²) in [5, 5.41) is 0.297. The molecule has 162 valence electrons. The van der Waals surface area contributed by atoms with Crippen molar-refractivity contribution in [2.45, 2.75) is 84.3 Å². The van der Waals surface area contributed by atoms with Crippen molar-refractivity contribution in [2.24, 2.45) is 5.92 Å². The van der Waals surface area contributed by atoms with Crippen molar-refractivity contribution in [2.75, 3.05) is 24.5 Å². The maximum atomic E-state index is 13.0. The van der Waals surface area contributed by atoms with E-state index in [1.807, 2.05) is 31.7 Å². The molecule has 1 aliphatic carbocycles. The highest BCUT2D eigenvalue weighted by molar-refractivity contribution is 6.28. The zero-order valence-corrected chi connectivity index (χ0v) is 19.0. The Balaban J connectivity index is 1.73. The second-order valence-corrected chi connectivity index (χ2v) is 9.72. The molecule has 2 fully saturated rings. The quantitative estimate of drug-likeness (QED) is 0.573. The predicted octanol–water partition coefficient (Wildman–Crippen LogP) is 5.09. The van der Waals surface area contributed by atoms with Gasteiger partial charge in [0.15, 0.2) is 0 Å². The highest BCUT2D eigenvalue weighted by Crippen LogP contribution is 2.33. The second kappa shape index (κ2) is 9.50. The van der Waals surface area contributed by atoms with Gasteiger partial charge in [0.25, 0.3) is 0 Å². The molecule has 1 saturated carbocycles. The molecule has 1 aliphatic heterocycles. The number of carbonyl (C=O) groups excluding carboxylic acids is 1. The van der Waals surface area contributed by atoms with Crippen LogP contribution in [0.4, 0.5) is 10.6 Å². The summed E-state index contributed by atoms with van der Waals surface area (Å²) in [4.78, 5) is 26.0. The van der Waals surface area contributed by atoms with Crippen molar-refractivity contribution in [1.82, 2.24) is 14.9 Å². The third-order valence-electron chi connectivity index (χ3n) is 5.51. The topological polar surface area (TPSA) is 58.6 Å². The molecule has 1 saturated heterocycles. The minimum atomic E-state index is -0.488. The lowest BCUT2D eigenvalue weighted by atomic mass is 10.0. The van der Waals surface area contributed by atoms with Crippen LogP contribution < -0.4 is 4.90 Å².